The van der Waals surface area contributed by atoms with Gasteiger partial charge in [-0.2, -0.15) is 0 Å². The predicted octanol–water partition coefficient (Wildman–Crippen LogP) is 3.30. The smallest absolute Gasteiger partial charge is 0.299 e. The van der Waals surface area contributed by atoms with Gasteiger partial charge in [0.15, 0.2) is 0 Å². The molecule has 4 saturated carbocycles. The van der Waals surface area contributed by atoms with E-state index in [0.29, 0.717) is 24.1 Å². The lowest BCUT2D eigenvalue weighted by molar-refractivity contribution is -0.711. The number of hydrogen-bond donors (Lipinski definition) is 1. The Hall–Kier alpha value is -1.62. The Morgan fingerprint density at radius 3 is 2.39 bits per heavy atom. The van der Waals surface area contributed by atoms with Gasteiger partial charge < -0.3 is 5.73 Å². The van der Waals surface area contributed by atoms with Crippen molar-refractivity contribution in [2.75, 3.05) is 6.54 Å². The Morgan fingerprint density at radius 1 is 1.17 bits per heavy atom. The highest BCUT2D eigenvalue weighted by Gasteiger charge is 2.57. The van der Waals surface area contributed by atoms with Crippen LogP contribution in [-0.4, -0.2) is 11.6 Å². The summed E-state index contributed by atoms with van der Waals surface area (Å²) in [7, 11) is 0. The van der Waals surface area contributed by atoms with Crippen molar-refractivity contribution in [3.8, 4) is 5.75 Å². The van der Waals surface area contributed by atoms with Gasteiger partial charge in [0.05, 0.1) is 0 Å². The normalized spacial score (nSPS) is 37.8. The molecule has 5 rings (SSSR count). The largest absolute Gasteiger partial charge is 0.330 e. The highest BCUT2D eigenvalue weighted by molar-refractivity contribution is 5.37. The van der Waals surface area contributed by atoms with Gasteiger partial charge in [0, 0.05) is 5.41 Å². The number of nitrogens with zero attached hydrogens (tertiary/aromatic N) is 1. The van der Waals surface area contributed by atoms with Gasteiger partial charge in [0.2, 0.25) is 0 Å². The van der Waals surface area contributed by atoms with Crippen molar-refractivity contribution in [1.82, 2.24) is 0 Å². The van der Waals surface area contributed by atoms with Crippen LogP contribution in [0.1, 0.15) is 44.1 Å². The molecule has 0 aromatic heterocycles. The SMILES string of the molecule is NCCC1(c2cccc(O[N+](=O)[O-])c2)C2CC3CC(C2)CC1C3. The highest BCUT2D eigenvalue weighted by Crippen LogP contribution is 2.64. The maximum atomic E-state index is 10.7. The fraction of sp³-hybridized carbons (Fsp3) is 0.667. The minimum atomic E-state index is -0.731. The van der Waals surface area contributed by atoms with Crippen LogP contribution in [0.4, 0.5) is 0 Å². The summed E-state index contributed by atoms with van der Waals surface area (Å²) in [5.41, 5.74) is 7.31. The third-order valence-electron chi connectivity index (χ3n) is 6.70. The molecule has 23 heavy (non-hydrogen) atoms. The topological polar surface area (TPSA) is 78.4 Å². The second-order valence-electron chi connectivity index (χ2n) is 7.73. The molecule has 1 aromatic rings. The first-order valence-electron chi connectivity index (χ1n) is 8.74. The van der Waals surface area contributed by atoms with E-state index in [1.54, 1.807) is 6.07 Å². The van der Waals surface area contributed by atoms with E-state index in [4.69, 9.17) is 10.6 Å². The quantitative estimate of drug-likeness (QED) is 0.668. The fourth-order valence-corrected chi connectivity index (χ4v) is 6.22. The Balaban J connectivity index is 1.74. The van der Waals surface area contributed by atoms with Crippen molar-refractivity contribution in [2.24, 2.45) is 29.4 Å². The maximum Gasteiger partial charge on any atom is 0.299 e. The van der Waals surface area contributed by atoms with E-state index in [2.05, 4.69) is 6.07 Å². The number of benzene rings is 1. The molecule has 2 N–H and O–H groups in total. The van der Waals surface area contributed by atoms with Gasteiger partial charge in [0.25, 0.3) is 5.09 Å². The zero-order valence-corrected chi connectivity index (χ0v) is 13.3. The molecule has 4 bridgehead atoms. The summed E-state index contributed by atoms with van der Waals surface area (Å²) in [5.74, 6) is 3.46. The van der Waals surface area contributed by atoms with Crippen molar-refractivity contribution in [3.63, 3.8) is 0 Å². The number of rotatable bonds is 5. The molecule has 4 aliphatic rings. The molecule has 0 radical (unpaired) electrons. The second-order valence-corrected chi connectivity index (χ2v) is 7.73. The van der Waals surface area contributed by atoms with Crippen molar-refractivity contribution < 1.29 is 9.92 Å². The van der Waals surface area contributed by atoms with Crippen molar-refractivity contribution in [3.05, 3.63) is 39.9 Å². The van der Waals surface area contributed by atoms with E-state index in [1.165, 1.54) is 37.7 Å². The van der Waals surface area contributed by atoms with Crippen LogP contribution in [0.5, 0.6) is 5.75 Å². The first-order chi connectivity index (χ1) is 11.1. The van der Waals surface area contributed by atoms with Crippen LogP contribution in [0.3, 0.4) is 0 Å². The minimum Gasteiger partial charge on any atom is -0.330 e. The predicted molar refractivity (Wildman–Crippen MR) is 86.5 cm³/mol. The molecule has 1 aromatic carbocycles. The van der Waals surface area contributed by atoms with Gasteiger partial charge >= 0.3 is 0 Å². The average molecular weight is 316 g/mol. The monoisotopic (exact) mass is 316 g/mol. The third-order valence-corrected chi connectivity index (χ3v) is 6.70. The summed E-state index contributed by atoms with van der Waals surface area (Å²) in [6.45, 7) is 0.669. The average Bonchev–Trinajstić information content (AvgIpc) is 2.50. The lowest BCUT2D eigenvalue weighted by Gasteiger charge is -2.62. The van der Waals surface area contributed by atoms with Gasteiger partial charge in [-0.3, -0.25) is 4.84 Å². The zero-order chi connectivity index (χ0) is 16.0. The molecule has 4 aliphatic carbocycles. The van der Waals surface area contributed by atoms with Gasteiger partial charge in [-0.1, -0.05) is 12.1 Å². The summed E-state index contributed by atoms with van der Waals surface area (Å²) >= 11 is 0. The second kappa shape index (κ2) is 5.48. The molecule has 0 aliphatic heterocycles. The number of nitrogens with two attached hydrogens (primary N) is 1. The van der Waals surface area contributed by atoms with Crippen LogP contribution in [0.15, 0.2) is 24.3 Å². The summed E-state index contributed by atoms with van der Waals surface area (Å²) in [5, 5.41) is 9.94. The summed E-state index contributed by atoms with van der Waals surface area (Å²) in [4.78, 5) is 15.4. The van der Waals surface area contributed by atoms with E-state index < -0.39 is 5.09 Å². The lowest BCUT2D eigenvalue weighted by Crippen LogP contribution is -2.56. The first kappa shape index (κ1) is 14.9. The van der Waals surface area contributed by atoms with E-state index in [0.717, 1.165) is 18.3 Å². The van der Waals surface area contributed by atoms with Gasteiger partial charge in [-0.05, 0) is 86.4 Å². The fourth-order valence-electron chi connectivity index (χ4n) is 6.22. The highest BCUT2D eigenvalue weighted by atomic mass is 17.0. The molecule has 4 fully saturated rings. The Kier molecular flexibility index (Phi) is 3.56. The molecule has 0 amide bonds. The van der Waals surface area contributed by atoms with E-state index in [-0.39, 0.29) is 5.41 Å². The van der Waals surface area contributed by atoms with Crippen LogP contribution in [0.2, 0.25) is 0 Å². The molecule has 5 heteroatoms. The third kappa shape index (κ3) is 2.33. The summed E-state index contributed by atoms with van der Waals surface area (Å²) in [6, 6.07) is 7.57. The summed E-state index contributed by atoms with van der Waals surface area (Å²) < 4.78 is 0. The minimum absolute atomic E-state index is 0.0954. The molecule has 0 saturated heterocycles. The molecule has 0 atom stereocenters. The van der Waals surface area contributed by atoms with E-state index >= 15 is 0 Å². The van der Waals surface area contributed by atoms with Crippen molar-refractivity contribution in [1.29, 1.82) is 0 Å². The van der Waals surface area contributed by atoms with Crippen LogP contribution in [0, 0.1) is 33.8 Å². The van der Waals surface area contributed by atoms with Gasteiger partial charge in [-0.15, -0.1) is 10.1 Å². The maximum absolute atomic E-state index is 10.7. The lowest BCUT2D eigenvalue weighted by atomic mass is 9.43. The molecule has 5 nitrogen and oxygen atoms in total. The van der Waals surface area contributed by atoms with Crippen molar-refractivity contribution in [2.45, 2.75) is 43.9 Å². The first-order valence-corrected chi connectivity index (χ1v) is 8.74. The molecule has 0 spiro atoms. The van der Waals surface area contributed by atoms with Crippen LogP contribution < -0.4 is 10.6 Å². The molecule has 0 heterocycles. The Morgan fingerprint density at radius 2 is 1.83 bits per heavy atom. The van der Waals surface area contributed by atoms with E-state index in [1.807, 2.05) is 12.1 Å². The van der Waals surface area contributed by atoms with Crippen molar-refractivity contribution >= 4 is 0 Å². The summed E-state index contributed by atoms with van der Waals surface area (Å²) in [6.07, 6.45) is 7.58. The van der Waals surface area contributed by atoms with Gasteiger partial charge in [-0.25, -0.2) is 0 Å². The molecular formula is C18H24N2O3. The molecular weight excluding hydrogens is 292 g/mol. The Bertz CT molecular complexity index is 588. The van der Waals surface area contributed by atoms with Crippen LogP contribution >= 0.6 is 0 Å². The van der Waals surface area contributed by atoms with Gasteiger partial charge in [0.1, 0.15) is 5.75 Å². The standard InChI is InChI=1S/C18H24N2O3/c19-5-4-18(14-2-1-3-17(11-14)23-20(21)22)15-7-12-6-13(9-15)10-16(18)8-12/h1-3,11-13,15-16H,4-10,19H2. The Labute approximate surface area is 136 Å². The van der Waals surface area contributed by atoms with Crippen LogP contribution in [0.25, 0.3) is 0 Å². The van der Waals surface area contributed by atoms with E-state index in [9.17, 15) is 10.1 Å². The zero-order valence-electron chi connectivity index (χ0n) is 13.3. The number of hydrogen-bond acceptors (Lipinski definition) is 4. The molecule has 124 valence electrons. The van der Waals surface area contributed by atoms with Crippen LogP contribution in [-0.2, 0) is 5.41 Å². The molecule has 0 unspecified atom stereocenters.